The van der Waals surface area contributed by atoms with E-state index in [1.807, 2.05) is 4.90 Å². The Balaban J connectivity index is 3.07. The van der Waals surface area contributed by atoms with Crippen LogP contribution in [0.4, 0.5) is 5.95 Å². The van der Waals surface area contributed by atoms with Crippen LogP contribution in [0.5, 0.6) is 6.01 Å². The second-order valence-corrected chi connectivity index (χ2v) is 4.12. The number of nitrogens with zero attached hydrogens (tertiary/aromatic N) is 4. The second-order valence-electron chi connectivity index (χ2n) is 3.78. The molecule has 102 valence electrons. The summed E-state index contributed by atoms with van der Waals surface area (Å²) in [5.74, 6) is 0.439. The molecule has 0 aliphatic rings. The Hall–Kier alpha value is -1.14. The van der Waals surface area contributed by atoms with E-state index in [1.165, 1.54) is 7.11 Å². The molecular weight excluding hydrogens is 256 g/mol. The molecule has 0 amide bonds. The summed E-state index contributed by atoms with van der Waals surface area (Å²) in [5.41, 5.74) is 0. The average molecular weight is 275 g/mol. The van der Waals surface area contributed by atoms with Gasteiger partial charge in [0.1, 0.15) is 0 Å². The number of ether oxygens (including phenoxy) is 1. The lowest BCUT2D eigenvalue weighted by molar-refractivity contribution is 0.294. The molecule has 0 bridgehead atoms. The van der Waals surface area contributed by atoms with Crippen LogP contribution in [0.2, 0.25) is 5.28 Å². The third kappa shape index (κ3) is 3.68. The maximum atomic E-state index is 9.16. The second kappa shape index (κ2) is 7.33. The highest BCUT2D eigenvalue weighted by molar-refractivity contribution is 6.28. The van der Waals surface area contributed by atoms with Gasteiger partial charge in [-0.2, -0.15) is 15.0 Å². The van der Waals surface area contributed by atoms with Crippen LogP contribution < -0.4 is 9.64 Å². The van der Waals surface area contributed by atoms with E-state index in [0.29, 0.717) is 12.5 Å². The predicted molar refractivity (Wildman–Crippen MR) is 70.2 cm³/mol. The standard InChI is InChI=1S/C11H19ClN4O2/c1-4-8(5-2)16(6-7-17)10-13-9(12)14-11(15-10)18-3/h8,17H,4-7H2,1-3H3. The molecule has 0 fully saturated rings. The molecule has 1 N–H and O–H groups in total. The van der Waals surface area contributed by atoms with E-state index in [9.17, 15) is 0 Å². The molecule has 0 aromatic carbocycles. The molecule has 1 aromatic rings. The number of halogens is 1. The van der Waals surface area contributed by atoms with Gasteiger partial charge in [-0.1, -0.05) is 13.8 Å². The van der Waals surface area contributed by atoms with Crippen molar-refractivity contribution in [1.82, 2.24) is 15.0 Å². The van der Waals surface area contributed by atoms with Gasteiger partial charge in [-0.3, -0.25) is 0 Å². The van der Waals surface area contributed by atoms with Crippen LogP contribution in [0.25, 0.3) is 0 Å². The molecule has 18 heavy (non-hydrogen) atoms. The predicted octanol–water partition coefficient (Wildman–Crippen LogP) is 1.52. The summed E-state index contributed by atoms with van der Waals surface area (Å²) in [6, 6.07) is 0.430. The molecule has 0 aliphatic carbocycles. The van der Waals surface area contributed by atoms with Crippen molar-refractivity contribution in [1.29, 1.82) is 0 Å². The van der Waals surface area contributed by atoms with E-state index in [4.69, 9.17) is 21.4 Å². The van der Waals surface area contributed by atoms with Crippen LogP contribution >= 0.6 is 11.6 Å². The Morgan fingerprint density at radius 1 is 1.28 bits per heavy atom. The number of rotatable bonds is 7. The first kappa shape index (κ1) is 14.9. The maximum absolute atomic E-state index is 9.16. The lowest BCUT2D eigenvalue weighted by Crippen LogP contribution is -2.38. The summed E-state index contributed by atoms with van der Waals surface area (Å²) in [7, 11) is 1.48. The fourth-order valence-corrected chi connectivity index (χ4v) is 1.97. The highest BCUT2D eigenvalue weighted by atomic mass is 35.5. The van der Waals surface area contributed by atoms with E-state index < -0.39 is 0 Å². The molecule has 0 saturated heterocycles. The van der Waals surface area contributed by atoms with Gasteiger partial charge in [-0.05, 0) is 24.4 Å². The van der Waals surface area contributed by atoms with Crippen molar-refractivity contribution in [2.45, 2.75) is 32.7 Å². The maximum Gasteiger partial charge on any atom is 0.322 e. The van der Waals surface area contributed by atoms with E-state index >= 15 is 0 Å². The van der Waals surface area contributed by atoms with Gasteiger partial charge in [0, 0.05) is 12.6 Å². The number of anilines is 1. The zero-order chi connectivity index (χ0) is 13.5. The third-order valence-electron chi connectivity index (χ3n) is 2.74. The number of aliphatic hydroxyl groups excluding tert-OH is 1. The summed E-state index contributed by atoms with van der Waals surface area (Å²) in [5, 5.41) is 9.25. The average Bonchev–Trinajstić information content (AvgIpc) is 2.38. The molecular formula is C11H19ClN4O2. The van der Waals surface area contributed by atoms with E-state index in [2.05, 4.69) is 28.8 Å². The molecule has 0 spiro atoms. The Labute approximate surface area is 112 Å². The Morgan fingerprint density at radius 3 is 2.44 bits per heavy atom. The van der Waals surface area contributed by atoms with Crippen molar-refractivity contribution in [3.63, 3.8) is 0 Å². The summed E-state index contributed by atoms with van der Waals surface area (Å²) in [4.78, 5) is 14.0. The van der Waals surface area contributed by atoms with Crippen molar-refractivity contribution >= 4 is 17.5 Å². The van der Waals surface area contributed by atoms with Gasteiger partial charge in [-0.25, -0.2) is 0 Å². The Kier molecular flexibility index (Phi) is 6.07. The highest BCUT2D eigenvalue weighted by Crippen LogP contribution is 2.19. The summed E-state index contributed by atoms with van der Waals surface area (Å²) in [6.07, 6.45) is 1.87. The van der Waals surface area contributed by atoms with Gasteiger partial charge in [0.25, 0.3) is 0 Å². The van der Waals surface area contributed by atoms with Crippen molar-refractivity contribution in [3.8, 4) is 6.01 Å². The normalized spacial score (nSPS) is 10.8. The topological polar surface area (TPSA) is 71.4 Å². The molecule has 0 saturated carbocycles. The molecule has 6 nitrogen and oxygen atoms in total. The van der Waals surface area contributed by atoms with Gasteiger partial charge < -0.3 is 14.7 Å². The van der Waals surface area contributed by atoms with Gasteiger partial charge >= 0.3 is 6.01 Å². The minimum atomic E-state index is 0.0299. The summed E-state index contributed by atoms with van der Waals surface area (Å²) >= 11 is 5.83. The van der Waals surface area contributed by atoms with Crippen LogP contribution in [-0.2, 0) is 0 Å². The minimum absolute atomic E-state index is 0.0299. The monoisotopic (exact) mass is 274 g/mol. The zero-order valence-corrected chi connectivity index (χ0v) is 11.7. The summed E-state index contributed by atoms with van der Waals surface area (Å²) < 4.78 is 4.98. The molecule has 1 aromatic heterocycles. The van der Waals surface area contributed by atoms with Gasteiger partial charge in [-0.15, -0.1) is 0 Å². The van der Waals surface area contributed by atoms with Gasteiger partial charge in [0.2, 0.25) is 11.2 Å². The molecule has 7 heteroatoms. The largest absolute Gasteiger partial charge is 0.467 e. The van der Waals surface area contributed by atoms with E-state index in [-0.39, 0.29) is 23.9 Å². The fourth-order valence-electron chi connectivity index (χ4n) is 1.82. The number of methoxy groups -OCH3 is 1. The van der Waals surface area contributed by atoms with Crippen LogP contribution in [0.3, 0.4) is 0 Å². The lowest BCUT2D eigenvalue weighted by Gasteiger charge is -2.29. The number of aliphatic hydroxyl groups is 1. The van der Waals surface area contributed by atoms with E-state index in [1.54, 1.807) is 0 Å². The Bertz CT molecular complexity index is 374. The van der Waals surface area contributed by atoms with Crippen LogP contribution in [0.1, 0.15) is 26.7 Å². The number of hydrogen-bond donors (Lipinski definition) is 1. The Morgan fingerprint density at radius 2 is 1.94 bits per heavy atom. The van der Waals surface area contributed by atoms with Gasteiger partial charge in [0.05, 0.1) is 13.7 Å². The van der Waals surface area contributed by atoms with Crippen molar-refractivity contribution in [3.05, 3.63) is 5.28 Å². The zero-order valence-electron chi connectivity index (χ0n) is 10.9. The van der Waals surface area contributed by atoms with Crippen LogP contribution in [-0.4, -0.2) is 46.4 Å². The first-order valence-electron chi connectivity index (χ1n) is 5.99. The molecule has 0 radical (unpaired) electrons. The van der Waals surface area contributed by atoms with Crippen molar-refractivity contribution in [2.24, 2.45) is 0 Å². The molecule has 0 unspecified atom stereocenters. The first-order chi connectivity index (χ1) is 8.65. The van der Waals surface area contributed by atoms with Gasteiger partial charge in [0.15, 0.2) is 0 Å². The molecule has 0 aliphatic heterocycles. The van der Waals surface area contributed by atoms with Crippen molar-refractivity contribution < 1.29 is 9.84 Å². The number of aromatic nitrogens is 3. The lowest BCUT2D eigenvalue weighted by atomic mass is 10.1. The molecule has 1 heterocycles. The van der Waals surface area contributed by atoms with Crippen LogP contribution in [0.15, 0.2) is 0 Å². The first-order valence-corrected chi connectivity index (χ1v) is 6.37. The molecule has 0 atom stereocenters. The third-order valence-corrected chi connectivity index (χ3v) is 2.91. The van der Waals surface area contributed by atoms with Crippen molar-refractivity contribution in [2.75, 3.05) is 25.2 Å². The molecule has 1 rings (SSSR count). The SMILES string of the molecule is CCC(CC)N(CCO)c1nc(Cl)nc(OC)n1. The summed E-state index contributed by atoms with van der Waals surface area (Å²) in [6.45, 7) is 4.65. The highest BCUT2D eigenvalue weighted by Gasteiger charge is 2.19. The minimum Gasteiger partial charge on any atom is -0.467 e. The number of hydrogen-bond acceptors (Lipinski definition) is 6. The smallest absolute Gasteiger partial charge is 0.322 e. The fraction of sp³-hybridized carbons (Fsp3) is 0.727. The van der Waals surface area contributed by atoms with Crippen LogP contribution in [0, 0.1) is 0 Å². The van der Waals surface area contributed by atoms with E-state index in [0.717, 1.165) is 12.8 Å². The quantitative estimate of drug-likeness (QED) is 0.813.